The van der Waals surface area contributed by atoms with Crippen molar-refractivity contribution in [2.75, 3.05) is 5.32 Å². The second kappa shape index (κ2) is 8.78. The van der Waals surface area contributed by atoms with E-state index in [9.17, 15) is 4.79 Å². The van der Waals surface area contributed by atoms with E-state index in [0.717, 1.165) is 28.9 Å². The van der Waals surface area contributed by atoms with Gasteiger partial charge in [0.2, 0.25) is 0 Å². The number of rotatable bonds is 6. The van der Waals surface area contributed by atoms with Gasteiger partial charge in [0.25, 0.3) is 5.91 Å². The summed E-state index contributed by atoms with van der Waals surface area (Å²) < 4.78 is 5.77. The number of ether oxygens (including phenoxy) is 1. The van der Waals surface area contributed by atoms with Crippen molar-refractivity contribution in [2.45, 2.75) is 33.3 Å². The van der Waals surface area contributed by atoms with Crippen LogP contribution in [0, 0.1) is 6.92 Å². The van der Waals surface area contributed by atoms with Crippen LogP contribution >= 0.6 is 11.6 Å². The molecule has 31 heavy (non-hydrogen) atoms. The zero-order valence-corrected chi connectivity index (χ0v) is 18.3. The number of hydrogen-bond donors (Lipinski definition) is 1. The molecule has 0 unspecified atom stereocenters. The second-order valence-electron chi connectivity index (χ2n) is 7.44. The summed E-state index contributed by atoms with van der Waals surface area (Å²) in [6.45, 7) is 6.02. The van der Waals surface area contributed by atoms with Crippen LogP contribution in [0.25, 0.3) is 16.7 Å². The Morgan fingerprint density at radius 3 is 2.35 bits per heavy atom. The van der Waals surface area contributed by atoms with Gasteiger partial charge in [-0.05, 0) is 86.5 Å². The number of nitrogens with one attached hydrogen (secondary N) is 1. The van der Waals surface area contributed by atoms with Crippen molar-refractivity contribution in [2.24, 2.45) is 0 Å². The summed E-state index contributed by atoms with van der Waals surface area (Å²) in [5.74, 6) is 0.560. The van der Waals surface area contributed by atoms with Gasteiger partial charge in [-0.3, -0.25) is 4.79 Å². The summed E-state index contributed by atoms with van der Waals surface area (Å²) in [5.41, 5.74) is 4.40. The van der Waals surface area contributed by atoms with E-state index in [0.29, 0.717) is 21.8 Å². The fourth-order valence-electron chi connectivity index (χ4n) is 3.09. The minimum absolute atomic E-state index is 0.135. The molecule has 0 spiro atoms. The van der Waals surface area contributed by atoms with E-state index in [1.54, 1.807) is 29.1 Å². The van der Waals surface area contributed by atoms with Gasteiger partial charge in [-0.15, -0.1) is 10.2 Å². The lowest BCUT2D eigenvalue weighted by atomic mass is 10.1. The summed E-state index contributed by atoms with van der Waals surface area (Å²) in [6, 6.07) is 18.2. The molecule has 7 heteroatoms. The van der Waals surface area contributed by atoms with Crippen LogP contribution in [0.5, 0.6) is 5.75 Å². The van der Waals surface area contributed by atoms with Crippen LogP contribution < -0.4 is 10.1 Å². The maximum atomic E-state index is 12.7. The number of amides is 1. The zero-order chi connectivity index (χ0) is 22.0. The van der Waals surface area contributed by atoms with E-state index >= 15 is 0 Å². The molecule has 3 aromatic carbocycles. The molecular formula is C24H23ClN4O2. The van der Waals surface area contributed by atoms with Crippen molar-refractivity contribution < 1.29 is 9.53 Å². The third-order valence-electron chi connectivity index (χ3n) is 5.06. The number of hydrogen-bond acceptors (Lipinski definition) is 4. The average Bonchev–Trinajstić information content (AvgIpc) is 3.17. The maximum Gasteiger partial charge on any atom is 0.255 e. The molecule has 0 aliphatic rings. The van der Waals surface area contributed by atoms with Gasteiger partial charge >= 0.3 is 0 Å². The van der Waals surface area contributed by atoms with Crippen LogP contribution in [-0.4, -0.2) is 27.0 Å². The van der Waals surface area contributed by atoms with Crippen LogP contribution in [0.1, 0.15) is 36.2 Å². The van der Waals surface area contributed by atoms with E-state index in [4.69, 9.17) is 16.3 Å². The molecule has 1 atom stereocenters. The van der Waals surface area contributed by atoms with Gasteiger partial charge in [0.1, 0.15) is 16.8 Å². The highest BCUT2D eigenvalue weighted by Gasteiger charge is 2.12. The fourth-order valence-corrected chi connectivity index (χ4v) is 3.21. The van der Waals surface area contributed by atoms with Crippen molar-refractivity contribution in [3.63, 3.8) is 0 Å². The average molecular weight is 435 g/mol. The van der Waals surface area contributed by atoms with Gasteiger partial charge < -0.3 is 10.1 Å². The molecule has 6 nitrogen and oxygen atoms in total. The molecule has 0 radical (unpaired) electrons. The molecular weight excluding hydrogens is 412 g/mol. The minimum atomic E-state index is -0.192. The molecule has 1 amide bonds. The van der Waals surface area contributed by atoms with Crippen LogP contribution in [0.4, 0.5) is 5.69 Å². The molecule has 0 fully saturated rings. The summed E-state index contributed by atoms with van der Waals surface area (Å²) in [5, 5.41) is 12.7. The highest BCUT2D eigenvalue weighted by molar-refractivity contribution is 6.30. The molecule has 0 aliphatic carbocycles. The second-order valence-corrected chi connectivity index (χ2v) is 7.87. The van der Waals surface area contributed by atoms with Crippen LogP contribution in [0.2, 0.25) is 5.02 Å². The van der Waals surface area contributed by atoms with E-state index in [2.05, 4.69) is 22.4 Å². The van der Waals surface area contributed by atoms with Gasteiger partial charge in [0.15, 0.2) is 0 Å². The fraction of sp³-hybridized carbons (Fsp3) is 0.208. The summed E-state index contributed by atoms with van der Waals surface area (Å²) in [4.78, 5) is 14.3. The van der Waals surface area contributed by atoms with Crippen molar-refractivity contribution >= 4 is 34.2 Å². The Hall–Kier alpha value is -3.38. The molecule has 1 aromatic heterocycles. The topological polar surface area (TPSA) is 69.0 Å². The first-order chi connectivity index (χ1) is 14.9. The van der Waals surface area contributed by atoms with Crippen LogP contribution in [0.15, 0.2) is 60.7 Å². The van der Waals surface area contributed by atoms with Crippen molar-refractivity contribution in [3.8, 4) is 11.4 Å². The Bertz CT molecular complexity index is 1220. The number of halogens is 1. The lowest BCUT2D eigenvalue weighted by Crippen LogP contribution is -2.13. The number of anilines is 1. The molecule has 0 saturated heterocycles. The van der Waals surface area contributed by atoms with Gasteiger partial charge in [0.05, 0.1) is 11.8 Å². The van der Waals surface area contributed by atoms with Crippen molar-refractivity contribution in [1.82, 2.24) is 15.0 Å². The van der Waals surface area contributed by atoms with Gasteiger partial charge in [0, 0.05) is 16.3 Å². The SMILES string of the molecule is CC[C@@H](C)Oc1ccc(C(=O)Nc2cc3nn(-c4ccc(Cl)cc4)nc3cc2C)cc1. The Labute approximate surface area is 185 Å². The summed E-state index contributed by atoms with van der Waals surface area (Å²) in [6.07, 6.45) is 1.06. The predicted molar refractivity (Wildman–Crippen MR) is 123 cm³/mol. The lowest BCUT2D eigenvalue weighted by Gasteiger charge is -2.13. The minimum Gasteiger partial charge on any atom is -0.491 e. The maximum absolute atomic E-state index is 12.7. The van der Waals surface area contributed by atoms with Crippen molar-refractivity contribution in [3.05, 3.63) is 76.8 Å². The molecule has 0 aliphatic heterocycles. The number of nitrogens with zero attached hydrogens (tertiary/aromatic N) is 3. The Balaban J connectivity index is 1.54. The molecule has 4 rings (SSSR count). The largest absolute Gasteiger partial charge is 0.491 e. The number of carbonyl (C=O) groups is 1. The van der Waals surface area contributed by atoms with Gasteiger partial charge in [-0.25, -0.2) is 0 Å². The molecule has 1 N–H and O–H groups in total. The molecule has 0 saturated carbocycles. The van der Waals surface area contributed by atoms with E-state index in [-0.39, 0.29) is 12.0 Å². The zero-order valence-electron chi connectivity index (χ0n) is 17.6. The van der Waals surface area contributed by atoms with E-state index in [1.165, 1.54) is 0 Å². The number of carbonyl (C=O) groups excluding carboxylic acids is 1. The quantitative estimate of drug-likeness (QED) is 0.415. The number of aryl methyl sites for hydroxylation is 1. The normalized spacial score (nSPS) is 12.0. The first-order valence-electron chi connectivity index (χ1n) is 10.1. The predicted octanol–water partition coefficient (Wildman–Crippen LogP) is 5.81. The third kappa shape index (κ3) is 4.70. The molecule has 158 valence electrons. The van der Waals surface area contributed by atoms with E-state index in [1.807, 2.05) is 50.2 Å². The first kappa shape index (κ1) is 20.9. The molecule has 4 aromatic rings. The highest BCUT2D eigenvalue weighted by atomic mass is 35.5. The standard InChI is InChI=1S/C24H23ClN4O2/c1-4-16(3)31-20-11-5-17(6-12-20)24(30)26-21-14-23-22(13-15(21)2)27-29(28-23)19-9-7-18(25)8-10-19/h5-14,16H,4H2,1-3H3,(H,26,30)/t16-/m1/s1. The summed E-state index contributed by atoms with van der Waals surface area (Å²) in [7, 11) is 0. The monoisotopic (exact) mass is 434 g/mol. The van der Waals surface area contributed by atoms with Crippen molar-refractivity contribution in [1.29, 1.82) is 0 Å². The molecule has 1 heterocycles. The third-order valence-corrected chi connectivity index (χ3v) is 5.31. The highest BCUT2D eigenvalue weighted by Crippen LogP contribution is 2.24. The smallest absolute Gasteiger partial charge is 0.255 e. The Morgan fingerprint density at radius 2 is 1.71 bits per heavy atom. The van der Waals surface area contributed by atoms with Crippen LogP contribution in [-0.2, 0) is 0 Å². The first-order valence-corrected chi connectivity index (χ1v) is 10.5. The van der Waals surface area contributed by atoms with Gasteiger partial charge in [-0.1, -0.05) is 18.5 Å². The summed E-state index contributed by atoms with van der Waals surface area (Å²) >= 11 is 5.96. The van der Waals surface area contributed by atoms with Gasteiger partial charge in [-0.2, -0.15) is 4.80 Å². The number of fused-ring (bicyclic) bond motifs is 1. The van der Waals surface area contributed by atoms with Crippen LogP contribution in [0.3, 0.4) is 0 Å². The Morgan fingerprint density at radius 1 is 1.06 bits per heavy atom. The lowest BCUT2D eigenvalue weighted by molar-refractivity contribution is 0.102. The molecule has 0 bridgehead atoms. The Kier molecular flexibility index (Phi) is 5.91. The van der Waals surface area contributed by atoms with E-state index < -0.39 is 0 Å². The number of benzene rings is 3. The number of aromatic nitrogens is 3.